The number of carbonyl (C=O) groups is 1. The number of benzene rings is 1. The van der Waals surface area contributed by atoms with Crippen molar-refractivity contribution in [3.63, 3.8) is 0 Å². The van der Waals surface area contributed by atoms with E-state index < -0.39 is 52.4 Å². The van der Waals surface area contributed by atoms with Crippen molar-refractivity contribution >= 4 is 5.97 Å². The first-order valence-corrected chi connectivity index (χ1v) is 10.9. The van der Waals surface area contributed by atoms with Crippen LogP contribution in [0.3, 0.4) is 0 Å². The number of hydrogen-bond acceptors (Lipinski definition) is 6. The zero-order chi connectivity index (χ0) is 21.9. The second kappa shape index (κ2) is 7.02. The summed E-state index contributed by atoms with van der Waals surface area (Å²) in [4.78, 5) is 12.1. The summed E-state index contributed by atoms with van der Waals surface area (Å²) >= 11 is 0. The highest BCUT2D eigenvalue weighted by atomic mass is 16.6. The van der Waals surface area contributed by atoms with Crippen LogP contribution in [-0.4, -0.2) is 51.3 Å². The molecule has 6 nitrogen and oxygen atoms in total. The van der Waals surface area contributed by atoms with Crippen LogP contribution >= 0.6 is 0 Å². The molecule has 30 heavy (non-hydrogen) atoms. The molecule has 0 amide bonds. The Morgan fingerprint density at radius 2 is 1.83 bits per heavy atom. The van der Waals surface area contributed by atoms with Crippen molar-refractivity contribution < 1.29 is 29.2 Å². The molecular weight excluding hydrogens is 384 g/mol. The summed E-state index contributed by atoms with van der Waals surface area (Å²) in [6.45, 7) is 9.29. The van der Waals surface area contributed by atoms with Crippen LogP contribution in [0, 0.1) is 11.3 Å². The summed E-state index contributed by atoms with van der Waals surface area (Å²) in [7, 11) is 0. The number of ether oxygens (including phenoxy) is 3. The number of rotatable bonds is 4. The van der Waals surface area contributed by atoms with Crippen LogP contribution in [0.15, 0.2) is 30.3 Å². The fourth-order valence-electron chi connectivity index (χ4n) is 6.69. The lowest BCUT2D eigenvalue weighted by Crippen LogP contribution is -2.77. The summed E-state index contributed by atoms with van der Waals surface area (Å²) in [6.07, 6.45) is -0.181. The molecule has 2 bridgehead atoms. The van der Waals surface area contributed by atoms with Gasteiger partial charge in [0.25, 0.3) is 0 Å². The Morgan fingerprint density at radius 1 is 1.17 bits per heavy atom. The third kappa shape index (κ3) is 2.88. The van der Waals surface area contributed by atoms with Gasteiger partial charge in [0.1, 0.15) is 17.8 Å². The van der Waals surface area contributed by atoms with E-state index in [0.29, 0.717) is 19.4 Å². The molecule has 0 aromatic heterocycles. The summed E-state index contributed by atoms with van der Waals surface area (Å²) < 4.78 is 18.9. The van der Waals surface area contributed by atoms with Gasteiger partial charge < -0.3 is 24.4 Å². The van der Waals surface area contributed by atoms with E-state index in [1.807, 2.05) is 51.1 Å². The van der Waals surface area contributed by atoms with E-state index in [1.165, 1.54) is 6.92 Å². The topological polar surface area (TPSA) is 85.2 Å². The van der Waals surface area contributed by atoms with Gasteiger partial charge in [-0.05, 0) is 45.6 Å². The zero-order valence-electron chi connectivity index (χ0n) is 18.6. The SMILES string of the molecule is CC(=O)OC1C2C(O)C3(OC2(C)C)C(C)(O)CCCC3(C)C1OCc1ccccc1. The van der Waals surface area contributed by atoms with Gasteiger partial charge in [0.15, 0.2) is 0 Å². The van der Waals surface area contributed by atoms with Crippen molar-refractivity contribution in [2.75, 3.05) is 0 Å². The molecule has 7 unspecified atom stereocenters. The molecule has 3 aliphatic rings. The molecule has 1 aromatic rings. The van der Waals surface area contributed by atoms with Crippen LogP contribution in [0.2, 0.25) is 0 Å². The van der Waals surface area contributed by atoms with Gasteiger partial charge >= 0.3 is 5.97 Å². The molecule has 3 fully saturated rings. The monoisotopic (exact) mass is 418 g/mol. The number of carbonyl (C=O) groups excluding carboxylic acids is 1. The predicted molar refractivity (Wildman–Crippen MR) is 111 cm³/mol. The lowest BCUT2D eigenvalue weighted by molar-refractivity contribution is -0.319. The number of aliphatic hydroxyl groups is 2. The molecule has 1 spiro atoms. The molecule has 7 atom stereocenters. The number of fused-ring (bicyclic) bond motifs is 1. The van der Waals surface area contributed by atoms with Crippen molar-refractivity contribution in [1.82, 2.24) is 0 Å². The van der Waals surface area contributed by atoms with Crippen LogP contribution < -0.4 is 0 Å². The van der Waals surface area contributed by atoms with Gasteiger partial charge in [0.2, 0.25) is 0 Å². The molecular formula is C24H34O6. The third-order valence-electron chi connectivity index (χ3n) is 7.85. The van der Waals surface area contributed by atoms with Gasteiger partial charge in [0, 0.05) is 12.3 Å². The van der Waals surface area contributed by atoms with Crippen LogP contribution in [0.1, 0.15) is 59.4 Å². The Bertz CT molecular complexity index is 805. The van der Waals surface area contributed by atoms with Crippen molar-refractivity contribution in [2.45, 2.75) is 95.6 Å². The maximum absolute atomic E-state index is 12.1. The minimum Gasteiger partial charge on any atom is -0.459 e. The highest BCUT2D eigenvalue weighted by Crippen LogP contribution is 2.67. The summed E-state index contributed by atoms with van der Waals surface area (Å²) in [5.41, 5.74) is -2.97. The maximum atomic E-state index is 12.1. The van der Waals surface area contributed by atoms with Crippen molar-refractivity contribution in [3.05, 3.63) is 35.9 Å². The summed E-state index contributed by atoms with van der Waals surface area (Å²) in [5, 5.41) is 23.1. The molecule has 2 aliphatic carbocycles. The van der Waals surface area contributed by atoms with Crippen LogP contribution in [-0.2, 0) is 25.6 Å². The Morgan fingerprint density at radius 3 is 2.47 bits per heavy atom. The van der Waals surface area contributed by atoms with Crippen molar-refractivity contribution in [1.29, 1.82) is 0 Å². The van der Waals surface area contributed by atoms with Gasteiger partial charge in [-0.25, -0.2) is 0 Å². The van der Waals surface area contributed by atoms with Crippen LogP contribution in [0.25, 0.3) is 0 Å². The first-order chi connectivity index (χ1) is 14.0. The zero-order valence-corrected chi connectivity index (χ0v) is 18.6. The molecule has 1 saturated heterocycles. The molecule has 0 radical (unpaired) electrons. The lowest BCUT2D eigenvalue weighted by Gasteiger charge is -2.63. The van der Waals surface area contributed by atoms with Gasteiger partial charge in [-0.2, -0.15) is 0 Å². The summed E-state index contributed by atoms with van der Waals surface area (Å²) in [5.74, 6) is -0.929. The average molecular weight is 419 g/mol. The van der Waals surface area contributed by atoms with Crippen LogP contribution in [0.5, 0.6) is 0 Å². The molecule has 2 saturated carbocycles. The largest absolute Gasteiger partial charge is 0.459 e. The first kappa shape index (κ1) is 21.8. The van der Waals surface area contributed by atoms with E-state index >= 15 is 0 Å². The number of hydrogen-bond donors (Lipinski definition) is 2. The highest BCUT2D eigenvalue weighted by Gasteiger charge is 2.81. The van der Waals surface area contributed by atoms with E-state index in [9.17, 15) is 15.0 Å². The standard InChI is InChI=1S/C24H34O6/c1-15(25)29-18-17-19(26)24(30-21(17,2)3)22(4,12-9-13-23(24,5)27)20(18)28-14-16-10-7-6-8-11-16/h6-8,10-11,17-20,26-27H,9,12-14H2,1-5H3. The minimum atomic E-state index is -1.24. The highest BCUT2D eigenvalue weighted by molar-refractivity contribution is 5.66. The molecule has 6 heteroatoms. The third-order valence-corrected chi connectivity index (χ3v) is 7.85. The molecule has 1 aromatic carbocycles. The van der Waals surface area contributed by atoms with Gasteiger partial charge in [-0.15, -0.1) is 0 Å². The number of esters is 1. The molecule has 4 rings (SSSR count). The molecule has 1 heterocycles. The van der Waals surface area contributed by atoms with Gasteiger partial charge in [-0.1, -0.05) is 37.3 Å². The van der Waals surface area contributed by atoms with Gasteiger partial charge in [0.05, 0.1) is 29.8 Å². The van der Waals surface area contributed by atoms with E-state index in [4.69, 9.17) is 14.2 Å². The maximum Gasteiger partial charge on any atom is 0.303 e. The second-order valence-corrected chi connectivity index (χ2v) is 10.2. The minimum absolute atomic E-state index is 0.348. The molecule has 166 valence electrons. The number of aliphatic hydroxyl groups excluding tert-OH is 1. The normalized spacial score (nSPS) is 44.4. The Labute approximate surface area is 178 Å². The Balaban J connectivity index is 1.82. The van der Waals surface area contributed by atoms with Crippen molar-refractivity contribution in [2.24, 2.45) is 11.3 Å². The van der Waals surface area contributed by atoms with E-state index in [2.05, 4.69) is 0 Å². The van der Waals surface area contributed by atoms with Crippen molar-refractivity contribution in [3.8, 4) is 0 Å². The quantitative estimate of drug-likeness (QED) is 0.732. The smallest absolute Gasteiger partial charge is 0.303 e. The van der Waals surface area contributed by atoms with Gasteiger partial charge in [-0.3, -0.25) is 4.79 Å². The average Bonchev–Trinajstić information content (AvgIpc) is 2.83. The Kier molecular flexibility index (Phi) is 5.09. The van der Waals surface area contributed by atoms with Crippen LogP contribution in [0.4, 0.5) is 0 Å². The second-order valence-electron chi connectivity index (χ2n) is 10.2. The van der Waals surface area contributed by atoms with E-state index in [0.717, 1.165) is 12.0 Å². The summed E-state index contributed by atoms with van der Waals surface area (Å²) in [6, 6.07) is 9.84. The predicted octanol–water partition coefficient (Wildman–Crippen LogP) is 2.98. The fourth-order valence-corrected chi connectivity index (χ4v) is 6.69. The molecule has 1 aliphatic heterocycles. The lowest BCUT2D eigenvalue weighted by atomic mass is 9.48. The first-order valence-electron chi connectivity index (χ1n) is 10.9. The Hall–Kier alpha value is -1.47. The fraction of sp³-hybridized carbons (Fsp3) is 0.708. The van der Waals surface area contributed by atoms with E-state index in [-0.39, 0.29) is 0 Å². The molecule has 2 N–H and O–H groups in total. The van der Waals surface area contributed by atoms with E-state index in [1.54, 1.807) is 6.92 Å².